The zero-order valence-corrected chi connectivity index (χ0v) is 14.1. The maximum atomic E-state index is 13.4. The van der Waals surface area contributed by atoms with Crippen LogP contribution in [0.15, 0.2) is 42.5 Å². The number of rotatable bonds is 5. The van der Waals surface area contributed by atoms with Crippen LogP contribution < -0.4 is 9.47 Å². The van der Waals surface area contributed by atoms with Gasteiger partial charge in [0.2, 0.25) is 5.75 Å². The first kappa shape index (κ1) is 18.3. The lowest BCUT2D eigenvalue weighted by atomic mass is 9.94. The molecule has 0 amide bonds. The maximum Gasteiger partial charge on any atom is 0.319 e. The van der Waals surface area contributed by atoms with Crippen LogP contribution in [0.25, 0.3) is 0 Å². The molecule has 1 aliphatic rings. The largest absolute Gasteiger partial charge is 0.496 e. The van der Waals surface area contributed by atoms with E-state index in [2.05, 4.69) is 0 Å². The number of cyclic esters (lactones) is 1. The lowest BCUT2D eigenvalue weighted by molar-refractivity contribution is -0.385. The van der Waals surface area contributed by atoms with E-state index in [4.69, 9.17) is 14.2 Å². The van der Waals surface area contributed by atoms with Crippen molar-refractivity contribution >= 4 is 17.6 Å². The Bertz CT molecular complexity index is 914. The van der Waals surface area contributed by atoms with Crippen LogP contribution in [-0.2, 0) is 14.3 Å². The molecular weight excluding hydrogens is 361 g/mol. The van der Waals surface area contributed by atoms with Crippen molar-refractivity contribution in [2.24, 2.45) is 5.92 Å². The van der Waals surface area contributed by atoms with E-state index < -0.39 is 46.1 Å². The molecule has 27 heavy (non-hydrogen) atoms. The Balaban J connectivity index is 1.91. The van der Waals surface area contributed by atoms with Crippen LogP contribution in [0.1, 0.15) is 18.1 Å². The molecule has 0 saturated carbocycles. The van der Waals surface area contributed by atoms with Gasteiger partial charge in [0.05, 0.1) is 18.5 Å². The molecule has 1 saturated heterocycles. The number of ether oxygens (including phenoxy) is 3. The van der Waals surface area contributed by atoms with E-state index in [0.29, 0.717) is 11.3 Å². The van der Waals surface area contributed by atoms with Gasteiger partial charge in [0.25, 0.3) is 0 Å². The highest BCUT2D eigenvalue weighted by Crippen LogP contribution is 2.41. The Hall–Kier alpha value is -3.49. The lowest BCUT2D eigenvalue weighted by Gasteiger charge is -2.19. The topological polar surface area (TPSA) is 105 Å². The minimum atomic E-state index is -1.06. The number of methoxy groups -OCH3 is 1. The smallest absolute Gasteiger partial charge is 0.319 e. The number of para-hydroxylation sites is 1. The van der Waals surface area contributed by atoms with E-state index in [9.17, 15) is 24.1 Å². The van der Waals surface area contributed by atoms with Crippen molar-refractivity contribution in [2.45, 2.75) is 12.5 Å². The molecule has 0 spiro atoms. The number of hydrogen-bond acceptors (Lipinski definition) is 7. The predicted molar refractivity (Wildman–Crippen MR) is 88.6 cm³/mol. The first-order valence-corrected chi connectivity index (χ1v) is 7.88. The number of esters is 2. The average Bonchev–Trinajstić information content (AvgIpc) is 3.03. The molecule has 1 heterocycles. The quantitative estimate of drug-likeness (QED) is 0.342. The number of benzene rings is 2. The molecule has 2 aromatic carbocycles. The van der Waals surface area contributed by atoms with Gasteiger partial charge in [-0.25, -0.2) is 4.39 Å². The molecule has 0 bridgehead atoms. The van der Waals surface area contributed by atoms with E-state index in [1.54, 1.807) is 24.3 Å². The summed E-state index contributed by atoms with van der Waals surface area (Å²) in [5.74, 6) is -3.55. The second-order valence-electron chi connectivity index (χ2n) is 5.75. The Morgan fingerprint density at radius 2 is 2.00 bits per heavy atom. The van der Waals surface area contributed by atoms with Crippen LogP contribution in [0.5, 0.6) is 11.5 Å². The molecule has 8 nitrogen and oxygen atoms in total. The van der Waals surface area contributed by atoms with Crippen LogP contribution in [0.4, 0.5) is 10.1 Å². The first-order valence-electron chi connectivity index (χ1n) is 7.88. The summed E-state index contributed by atoms with van der Waals surface area (Å²) in [4.78, 5) is 34.6. The van der Waals surface area contributed by atoms with Crippen molar-refractivity contribution in [3.05, 3.63) is 64.0 Å². The highest BCUT2D eigenvalue weighted by Gasteiger charge is 2.43. The van der Waals surface area contributed by atoms with Gasteiger partial charge in [-0.3, -0.25) is 19.7 Å². The monoisotopic (exact) mass is 375 g/mol. The van der Waals surface area contributed by atoms with Crippen molar-refractivity contribution in [1.29, 1.82) is 0 Å². The fraction of sp³-hybridized carbons (Fsp3) is 0.222. The van der Waals surface area contributed by atoms with Gasteiger partial charge in [-0.15, -0.1) is 0 Å². The van der Waals surface area contributed by atoms with Crippen LogP contribution in [0.3, 0.4) is 0 Å². The number of carbonyl (C=O) groups excluding carboxylic acids is 2. The third-order valence-corrected chi connectivity index (χ3v) is 4.09. The Morgan fingerprint density at radius 1 is 1.26 bits per heavy atom. The van der Waals surface area contributed by atoms with Gasteiger partial charge in [-0.2, -0.15) is 0 Å². The molecular formula is C18H14FNO7. The number of carbonyl (C=O) groups is 2. The van der Waals surface area contributed by atoms with Gasteiger partial charge in [0, 0.05) is 17.7 Å². The van der Waals surface area contributed by atoms with Crippen molar-refractivity contribution in [2.75, 3.05) is 7.11 Å². The van der Waals surface area contributed by atoms with Crippen molar-refractivity contribution in [1.82, 2.24) is 0 Å². The SMILES string of the molecule is COc1ccccc1C1OC(=O)C[C@@H]1C(=O)Oc1cc(F)ccc1[N+](=O)[O-]. The van der Waals surface area contributed by atoms with Gasteiger partial charge in [-0.1, -0.05) is 18.2 Å². The molecule has 0 N–H and O–H groups in total. The van der Waals surface area contributed by atoms with Gasteiger partial charge in [0.1, 0.15) is 23.6 Å². The third kappa shape index (κ3) is 3.71. The number of nitrogens with zero attached hydrogens (tertiary/aromatic N) is 1. The Kier molecular flexibility index (Phi) is 5.02. The minimum absolute atomic E-state index is 0.273. The molecule has 0 aromatic heterocycles. The summed E-state index contributed by atoms with van der Waals surface area (Å²) in [5.41, 5.74) is -0.106. The average molecular weight is 375 g/mol. The molecule has 0 aliphatic carbocycles. The molecule has 2 atom stereocenters. The summed E-state index contributed by atoms with van der Waals surface area (Å²) >= 11 is 0. The second-order valence-corrected chi connectivity index (χ2v) is 5.75. The zero-order chi connectivity index (χ0) is 19.6. The Morgan fingerprint density at radius 3 is 2.70 bits per heavy atom. The standard InChI is InChI=1S/C18H14FNO7/c1-25-14-5-3-2-4-11(14)17-12(9-16(21)27-17)18(22)26-15-8-10(19)6-7-13(15)20(23)24/h2-8,12,17H,9H2,1H3/t12-,17?/m0/s1. The normalized spacial score (nSPS) is 18.7. The van der Waals surface area contributed by atoms with Crippen LogP contribution in [0, 0.1) is 21.8 Å². The molecule has 3 rings (SSSR count). The van der Waals surface area contributed by atoms with Gasteiger partial charge in [-0.05, 0) is 12.1 Å². The second kappa shape index (κ2) is 7.40. The van der Waals surface area contributed by atoms with E-state index in [0.717, 1.165) is 18.2 Å². The molecule has 9 heteroatoms. The molecule has 140 valence electrons. The molecule has 0 radical (unpaired) electrons. The summed E-state index contributed by atoms with van der Waals surface area (Å²) in [6.45, 7) is 0. The van der Waals surface area contributed by atoms with Crippen molar-refractivity contribution in [3.63, 3.8) is 0 Å². The van der Waals surface area contributed by atoms with E-state index in [1.165, 1.54) is 7.11 Å². The summed E-state index contributed by atoms with van der Waals surface area (Å²) in [5, 5.41) is 11.1. The Labute approximate surface area is 152 Å². The van der Waals surface area contributed by atoms with E-state index in [1.807, 2.05) is 0 Å². The maximum absolute atomic E-state index is 13.4. The summed E-state index contributed by atoms with van der Waals surface area (Å²) < 4.78 is 28.9. The zero-order valence-electron chi connectivity index (χ0n) is 14.1. The van der Waals surface area contributed by atoms with Crippen molar-refractivity contribution in [3.8, 4) is 11.5 Å². The highest BCUT2D eigenvalue weighted by molar-refractivity contribution is 5.85. The summed E-state index contributed by atoms with van der Waals surface area (Å²) in [7, 11) is 1.43. The number of halogens is 1. The summed E-state index contributed by atoms with van der Waals surface area (Å²) in [6, 6.07) is 9.19. The van der Waals surface area contributed by atoms with E-state index in [-0.39, 0.29) is 6.42 Å². The first-order chi connectivity index (χ1) is 12.9. The molecule has 1 aliphatic heterocycles. The fourth-order valence-electron chi connectivity index (χ4n) is 2.85. The number of hydrogen-bond donors (Lipinski definition) is 0. The fourth-order valence-corrected chi connectivity index (χ4v) is 2.85. The third-order valence-electron chi connectivity index (χ3n) is 4.09. The molecule has 1 fully saturated rings. The predicted octanol–water partition coefficient (Wildman–Crippen LogP) is 2.95. The van der Waals surface area contributed by atoms with Crippen molar-refractivity contribution < 1.29 is 33.1 Å². The minimum Gasteiger partial charge on any atom is -0.496 e. The summed E-state index contributed by atoms with van der Waals surface area (Å²) in [6.07, 6.45) is -1.25. The molecule has 2 aromatic rings. The number of nitro benzene ring substituents is 1. The van der Waals surface area contributed by atoms with Crippen LogP contribution >= 0.6 is 0 Å². The van der Waals surface area contributed by atoms with E-state index >= 15 is 0 Å². The van der Waals surface area contributed by atoms with Gasteiger partial charge in [0.15, 0.2) is 0 Å². The van der Waals surface area contributed by atoms with Crippen LogP contribution in [-0.4, -0.2) is 24.0 Å². The number of nitro groups is 1. The van der Waals surface area contributed by atoms with Gasteiger partial charge >= 0.3 is 17.6 Å². The molecule has 1 unspecified atom stereocenters. The van der Waals surface area contributed by atoms with Gasteiger partial charge < -0.3 is 14.2 Å². The lowest BCUT2D eigenvalue weighted by Crippen LogP contribution is -2.24. The van der Waals surface area contributed by atoms with Crippen LogP contribution in [0.2, 0.25) is 0 Å². The highest BCUT2D eigenvalue weighted by atomic mass is 19.1.